The van der Waals surface area contributed by atoms with E-state index in [0.29, 0.717) is 33.0 Å². The second kappa shape index (κ2) is 11.2. The van der Waals surface area contributed by atoms with Crippen molar-refractivity contribution in [1.82, 2.24) is 0 Å². The van der Waals surface area contributed by atoms with Crippen LogP contribution in [0.15, 0.2) is 61.2 Å². The lowest BCUT2D eigenvalue weighted by atomic mass is 10.1. The number of allylic oxidation sites excluding steroid dienone is 1. The highest BCUT2D eigenvalue weighted by atomic mass is 16.5. The van der Waals surface area contributed by atoms with Crippen LogP contribution in [0.5, 0.6) is 17.2 Å². The van der Waals surface area contributed by atoms with Crippen LogP contribution in [0.1, 0.15) is 12.5 Å². The van der Waals surface area contributed by atoms with E-state index in [1.54, 1.807) is 0 Å². The molecule has 0 heterocycles. The Morgan fingerprint density at radius 2 is 1.56 bits per heavy atom. The minimum absolute atomic E-state index is 0.489. The Kier molecular flexibility index (Phi) is 8.42. The van der Waals surface area contributed by atoms with Gasteiger partial charge in [-0.25, -0.2) is 0 Å². The Morgan fingerprint density at radius 1 is 0.840 bits per heavy atom. The molecule has 134 valence electrons. The zero-order valence-electron chi connectivity index (χ0n) is 14.8. The molecule has 2 aromatic carbocycles. The first kappa shape index (κ1) is 18.9. The summed E-state index contributed by atoms with van der Waals surface area (Å²) in [6.45, 7) is 8.39. The summed E-state index contributed by atoms with van der Waals surface area (Å²) in [5, 5.41) is 0. The van der Waals surface area contributed by atoms with E-state index in [0.717, 1.165) is 29.2 Å². The SMILES string of the molecule is C=CCc1ccccc1OCCOCCOc1cccc(OCC)c1. The molecule has 0 aliphatic heterocycles. The number of hydrogen-bond donors (Lipinski definition) is 0. The first-order valence-corrected chi connectivity index (χ1v) is 8.58. The van der Waals surface area contributed by atoms with E-state index < -0.39 is 0 Å². The Hall–Kier alpha value is -2.46. The zero-order chi connectivity index (χ0) is 17.7. The summed E-state index contributed by atoms with van der Waals surface area (Å²) in [5.41, 5.74) is 1.13. The average molecular weight is 342 g/mol. The van der Waals surface area contributed by atoms with Gasteiger partial charge in [0.2, 0.25) is 0 Å². The predicted molar refractivity (Wildman–Crippen MR) is 99.8 cm³/mol. The summed E-state index contributed by atoms with van der Waals surface area (Å²) in [4.78, 5) is 0. The molecular formula is C21H26O4. The van der Waals surface area contributed by atoms with Crippen molar-refractivity contribution in [3.8, 4) is 17.2 Å². The maximum Gasteiger partial charge on any atom is 0.123 e. The first-order valence-electron chi connectivity index (χ1n) is 8.58. The van der Waals surface area contributed by atoms with Crippen molar-refractivity contribution in [2.75, 3.05) is 33.0 Å². The van der Waals surface area contributed by atoms with Crippen molar-refractivity contribution in [2.24, 2.45) is 0 Å². The molecule has 0 spiro atoms. The van der Waals surface area contributed by atoms with Gasteiger partial charge in [-0.2, -0.15) is 0 Å². The van der Waals surface area contributed by atoms with Crippen molar-refractivity contribution >= 4 is 0 Å². The lowest BCUT2D eigenvalue weighted by Crippen LogP contribution is -2.12. The van der Waals surface area contributed by atoms with Crippen LogP contribution < -0.4 is 14.2 Å². The molecule has 0 fully saturated rings. The van der Waals surface area contributed by atoms with Gasteiger partial charge in [-0.1, -0.05) is 30.3 Å². The van der Waals surface area contributed by atoms with Crippen LogP contribution in [-0.2, 0) is 11.2 Å². The third kappa shape index (κ3) is 6.89. The van der Waals surface area contributed by atoms with Crippen molar-refractivity contribution in [3.05, 3.63) is 66.7 Å². The molecule has 4 heteroatoms. The molecule has 0 atom stereocenters. The van der Waals surface area contributed by atoms with Crippen molar-refractivity contribution in [2.45, 2.75) is 13.3 Å². The fourth-order valence-corrected chi connectivity index (χ4v) is 2.32. The van der Waals surface area contributed by atoms with E-state index in [2.05, 4.69) is 6.58 Å². The largest absolute Gasteiger partial charge is 0.494 e. The number of benzene rings is 2. The molecule has 25 heavy (non-hydrogen) atoms. The average Bonchev–Trinajstić information content (AvgIpc) is 2.63. The zero-order valence-corrected chi connectivity index (χ0v) is 14.8. The second-order valence-corrected chi connectivity index (χ2v) is 5.32. The van der Waals surface area contributed by atoms with Gasteiger partial charge in [0.15, 0.2) is 0 Å². The molecule has 0 saturated carbocycles. The second-order valence-electron chi connectivity index (χ2n) is 5.32. The van der Waals surface area contributed by atoms with Gasteiger partial charge in [-0.05, 0) is 37.1 Å². The fraction of sp³-hybridized carbons (Fsp3) is 0.333. The van der Waals surface area contributed by atoms with Gasteiger partial charge in [-0.3, -0.25) is 0 Å². The van der Waals surface area contributed by atoms with E-state index in [4.69, 9.17) is 18.9 Å². The third-order valence-electron chi connectivity index (χ3n) is 3.44. The van der Waals surface area contributed by atoms with E-state index in [1.807, 2.05) is 61.5 Å². The fourth-order valence-electron chi connectivity index (χ4n) is 2.32. The normalized spacial score (nSPS) is 10.3. The Bertz CT molecular complexity index is 639. The molecule has 0 aliphatic rings. The van der Waals surface area contributed by atoms with Crippen molar-refractivity contribution in [1.29, 1.82) is 0 Å². The maximum absolute atomic E-state index is 5.77. The number of rotatable bonds is 12. The third-order valence-corrected chi connectivity index (χ3v) is 3.44. The minimum Gasteiger partial charge on any atom is -0.494 e. The molecule has 0 bridgehead atoms. The van der Waals surface area contributed by atoms with Crippen LogP contribution in [0.25, 0.3) is 0 Å². The van der Waals surface area contributed by atoms with Crippen LogP contribution >= 0.6 is 0 Å². The molecule has 2 rings (SSSR count). The molecule has 0 aliphatic carbocycles. The van der Waals surface area contributed by atoms with E-state index in [9.17, 15) is 0 Å². The molecule has 4 nitrogen and oxygen atoms in total. The predicted octanol–water partition coefficient (Wildman–Crippen LogP) is 4.29. The summed E-state index contributed by atoms with van der Waals surface area (Å²) < 4.78 is 22.4. The highest BCUT2D eigenvalue weighted by Crippen LogP contribution is 2.19. The van der Waals surface area contributed by atoms with Crippen LogP contribution in [0.4, 0.5) is 0 Å². The molecular weight excluding hydrogens is 316 g/mol. The molecule has 0 unspecified atom stereocenters. The lowest BCUT2D eigenvalue weighted by molar-refractivity contribution is 0.0761. The van der Waals surface area contributed by atoms with E-state index in [1.165, 1.54) is 0 Å². The smallest absolute Gasteiger partial charge is 0.123 e. The van der Waals surface area contributed by atoms with Gasteiger partial charge < -0.3 is 18.9 Å². The molecule has 2 aromatic rings. The number of hydrogen-bond acceptors (Lipinski definition) is 4. The van der Waals surface area contributed by atoms with Gasteiger partial charge >= 0.3 is 0 Å². The molecule has 0 aromatic heterocycles. The van der Waals surface area contributed by atoms with Gasteiger partial charge in [0.25, 0.3) is 0 Å². The van der Waals surface area contributed by atoms with E-state index in [-0.39, 0.29) is 0 Å². The topological polar surface area (TPSA) is 36.9 Å². The first-order chi connectivity index (χ1) is 12.3. The Balaban J connectivity index is 1.61. The summed E-state index contributed by atoms with van der Waals surface area (Å²) in [5.74, 6) is 2.48. The number of ether oxygens (including phenoxy) is 4. The lowest BCUT2D eigenvalue weighted by Gasteiger charge is -2.11. The highest BCUT2D eigenvalue weighted by Gasteiger charge is 2.01. The Morgan fingerprint density at radius 3 is 2.32 bits per heavy atom. The van der Waals surface area contributed by atoms with Crippen molar-refractivity contribution in [3.63, 3.8) is 0 Å². The standard InChI is InChI=1S/C21H26O4/c1-3-8-18-9-5-6-12-21(18)25-16-14-22-13-15-24-20-11-7-10-19(17-20)23-4-2/h3,5-7,9-12,17H,1,4,8,13-16H2,2H3. The monoisotopic (exact) mass is 342 g/mol. The van der Waals surface area contributed by atoms with Gasteiger partial charge in [-0.15, -0.1) is 6.58 Å². The van der Waals surface area contributed by atoms with Crippen LogP contribution in [0.3, 0.4) is 0 Å². The summed E-state index contributed by atoms with van der Waals surface area (Å²) in [7, 11) is 0. The van der Waals surface area contributed by atoms with Crippen LogP contribution in [0.2, 0.25) is 0 Å². The van der Waals surface area contributed by atoms with Crippen molar-refractivity contribution < 1.29 is 18.9 Å². The van der Waals surface area contributed by atoms with Crippen LogP contribution in [0, 0.1) is 0 Å². The van der Waals surface area contributed by atoms with Crippen LogP contribution in [-0.4, -0.2) is 33.0 Å². The molecule has 0 amide bonds. The minimum atomic E-state index is 0.489. The maximum atomic E-state index is 5.77. The molecule has 0 saturated heterocycles. The summed E-state index contributed by atoms with van der Waals surface area (Å²) in [6, 6.07) is 15.6. The summed E-state index contributed by atoms with van der Waals surface area (Å²) >= 11 is 0. The van der Waals surface area contributed by atoms with Gasteiger partial charge in [0.1, 0.15) is 30.5 Å². The molecule has 0 radical (unpaired) electrons. The van der Waals surface area contributed by atoms with Gasteiger partial charge in [0, 0.05) is 6.07 Å². The molecule has 0 N–H and O–H groups in total. The summed E-state index contributed by atoms with van der Waals surface area (Å²) in [6.07, 6.45) is 2.67. The Labute approximate surface area is 150 Å². The van der Waals surface area contributed by atoms with E-state index >= 15 is 0 Å². The van der Waals surface area contributed by atoms with Gasteiger partial charge in [0.05, 0.1) is 19.8 Å². The highest BCUT2D eigenvalue weighted by molar-refractivity contribution is 5.34. The quantitative estimate of drug-likeness (QED) is 0.426. The number of para-hydroxylation sites is 1.